The summed E-state index contributed by atoms with van der Waals surface area (Å²) >= 11 is 0. The standard InChI is InChI=1S/C18H27N3O4.C2HF3O2/c22-18(16-1-5-20-25-16)19-9-17-15-2-6-21(11-14(15)12-24-17)10-13-3-7-23-8-4-13;3-2(4,5)1(6)7/h1,5,13-15,17H,2-4,6-12H2,(H,19,22);(H,6,7)/t14-,15-,17+;/m1./s1. The predicted molar refractivity (Wildman–Crippen MR) is 104 cm³/mol. The Balaban J connectivity index is 0.000000360. The van der Waals surface area contributed by atoms with Crippen molar-refractivity contribution < 1.29 is 41.9 Å². The second-order valence-electron chi connectivity index (χ2n) is 8.29. The summed E-state index contributed by atoms with van der Waals surface area (Å²) in [7, 11) is 0. The van der Waals surface area contributed by atoms with Crippen LogP contribution in [0.15, 0.2) is 16.8 Å². The van der Waals surface area contributed by atoms with Crippen LogP contribution in [0.3, 0.4) is 0 Å². The van der Waals surface area contributed by atoms with E-state index >= 15 is 0 Å². The number of carbonyl (C=O) groups is 2. The van der Waals surface area contributed by atoms with Crippen LogP contribution in [-0.2, 0) is 14.3 Å². The molecule has 3 fully saturated rings. The molecule has 1 aromatic heterocycles. The van der Waals surface area contributed by atoms with Gasteiger partial charge in [0.05, 0.1) is 18.9 Å². The number of alkyl halides is 3. The quantitative estimate of drug-likeness (QED) is 0.680. The number of ether oxygens (including phenoxy) is 2. The molecular formula is C20H28F3N3O6. The van der Waals surface area contributed by atoms with E-state index in [2.05, 4.69) is 15.4 Å². The second kappa shape index (κ2) is 11.1. The topological polar surface area (TPSA) is 114 Å². The third kappa shape index (κ3) is 6.91. The maximum absolute atomic E-state index is 12.0. The number of likely N-dealkylation sites (tertiary alicyclic amines) is 1. The molecule has 0 aromatic carbocycles. The van der Waals surface area contributed by atoms with Crippen molar-refractivity contribution in [2.24, 2.45) is 17.8 Å². The van der Waals surface area contributed by atoms with Crippen molar-refractivity contribution >= 4 is 11.9 Å². The summed E-state index contributed by atoms with van der Waals surface area (Å²) in [6.07, 6.45) is 0.0403. The van der Waals surface area contributed by atoms with Crippen molar-refractivity contribution in [2.75, 3.05) is 46.0 Å². The summed E-state index contributed by atoms with van der Waals surface area (Å²) < 4.78 is 48.1. The average Bonchev–Trinajstić information content (AvgIpc) is 3.43. The Morgan fingerprint density at radius 3 is 2.59 bits per heavy atom. The molecule has 4 rings (SSSR count). The van der Waals surface area contributed by atoms with Crippen molar-refractivity contribution in [3.63, 3.8) is 0 Å². The molecule has 0 unspecified atom stereocenters. The number of nitrogens with zero attached hydrogens (tertiary/aromatic N) is 2. The zero-order valence-electron chi connectivity index (χ0n) is 17.6. The molecule has 3 aliphatic heterocycles. The van der Waals surface area contributed by atoms with Gasteiger partial charge in [-0.3, -0.25) is 4.79 Å². The maximum Gasteiger partial charge on any atom is 0.490 e. The molecule has 1 amide bonds. The van der Waals surface area contributed by atoms with Crippen molar-refractivity contribution in [2.45, 2.75) is 31.5 Å². The number of piperidine rings is 1. The van der Waals surface area contributed by atoms with Crippen LogP contribution < -0.4 is 5.32 Å². The molecule has 0 aliphatic carbocycles. The molecule has 9 nitrogen and oxygen atoms in total. The predicted octanol–water partition coefficient (Wildman–Crippen LogP) is 1.80. The fraction of sp³-hybridized carbons (Fsp3) is 0.750. The molecule has 0 bridgehead atoms. The number of nitrogens with one attached hydrogen (secondary N) is 1. The number of carboxylic acids is 1. The van der Waals surface area contributed by atoms with E-state index in [9.17, 15) is 18.0 Å². The second-order valence-corrected chi connectivity index (χ2v) is 8.29. The van der Waals surface area contributed by atoms with Crippen LogP contribution in [0.25, 0.3) is 0 Å². The van der Waals surface area contributed by atoms with E-state index in [0.717, 1.165) is 45.2 Å². The minimum atomic E-state index is -5.08. The Kier molecular flexibility index (Phi) is 8.49. The van der Waals surface area contributed by atoms with Gasteiger partial charge >= 0.3 is 12.1 Å². The number of fused-ring (bicyclic) bond motifs is 1. The normalized spacial score (nSPS) is 26.7. The highest BCUT2D eigenvalue weighted by Gasteiger charge is 2.41. The monoisotopic (exact) mass is 463 g/mol. The third-order valence-corrected chi connectivity index (χ3v) is 6.10. The largest absolute Gasteiger partial charge is 0.490 e. The van der Waals surface area contributed by atoms with Gasteiger partial charge in [0.25, 0.3) is 5.91 Å². The van der Waals surface area contributed by atoms with Crippen molar-refractivity contribution in [1.29, 1.82) is 0 Å². The number of hydrogen-bond acceptors (Lipinski definition) is 7. The lowest BCUT2D eigenvalue weighted by Gasteiger charge is -2.38. The lowest BCUT2D eigenvalue weighted by Crippen LogP contribution is -2.45. The summed E-state index contributed by atoms with van der Waals surface area (Å²) in [5.74, 6) is -0.818. The molecule has 3 atom stereocenters. The first-order valence-corrected chi connectivity index (χ1v) is 10.6. The Morgan fingerprint density at radius 1 is 1.25 bits per heavy atom. The highest BCUT2D eigenvalue weighted by atomic mass is 19.4. The molecule has 1 aromatic rings. The average molecular weight is 463 g/mol. The number of hydrogen-bond donors (Lipinski definition) is 2. The zero-order valence-corrected chi connectivity index (χ0v) is 17.6. The molecule has 0 spiro atoms. The summed E-state index contributed by atoms with van der Waals surface area (Å²) in [6, 6.07) is 1.57. The molecule has 0 radical (unpaired) electrons. The van der Waals surface area contributed by atoms with Crippen molar-refractivity contribution in [3.05, 3.63) is 18.0 Å². The van der Waals surface area contributed by atoms with Gasteiger partial charge in [-0.25, -0.2) is 4.79 Å². The lowest BCUT2D eigenvalue weighted by atomic mass is 9.83. The van der Waals surface area contributed by atoms with Crippen LogP contribution >= 0.6 is 0 Å². The lowest BCUT2D eigenvalue weighted by molar-refractivity contribution is -0.192. The van der Waals surface area contributed by atoms with Gasteiger partial charge in [0, 0.05) is 44.8 Å². The van der Waals surface area contributed by atoms with Crippen LogP contribution in [-0.4, -0.2) is 85.3 Å². The SMILES string of the molecule is O=C(NC[C@@H]1OC[C@H]2CN(CC3CCOCC3)CC[C@H]21)c1ccno1.O=C(O)C(F)(F)F. The van der Waals surface area contributed by atoms with E-state index in [1.54, 1.807) is 6.07 Å². The van der Waals surface area contributed by atoms with Gasteiger partial charge < -0.3 is 29.3 Å². The number of rotatable bonds is 5. The fourth-order valence-electron chi connectivity index (χ4n) is 4.45. The maximum atomic E-state index is 12.0. The third-order valence-electron chi connectivity index (χ3n) is 6.10. The fourth-order valence-corrected chi connectivity index (χ4v) is 4.45. The van der Waals surface area contributed by atoms with Gasteiger partial charge in [-0.1, -0.05) is 5.16 Å². The van der Waals surface area contributed by atoms with E-state index in [1.807, 2.05) is 0 Å². The van der Waals surface area contributed by atoms with Gasteiger partial charge in [0.2, 0.25) is 5.76 Å². The van der Waals surface area contributed by atoms with E-state index in [4.69, 9.17) is 23.9 Å². The van der Waals surface area contributed by atoms with Crippen LogP contribution in [0, 0.1) is 17.8 Å². The van der Waals surface area contributed by atoms with Gasteiger partial charge in [-0.15, -0.1) is 0 Å². The number of carbonyl (C=O) groups excluding carboxylic acids is 1. The number of aromatic nitrogens is 1. The van der Waals surface area contributed by atoms with Gasteiger partial charge in [0.15, 0.2) is 0 Å². The Bertz CT molecular complexity index is 739. The van der Waals surface area contributed by atoms with Crippen LogP contribution in [0.1, 0.15) is 29.8 Å². The molecule has 3 aliphatic rings. The first-order chi connectivity index (χ1) is 15.2. The highest BCUT2D eigenvalue weighted by molar-refractivity contribution is 5.91. The summed E-state index contributed by atoms with van der Waals surface area (Å²) in [5.41, 5.74) is 0. The highest BCUT2D eigenvalue weighted by Crippen LogP contribution is 2.34. The van der Waals surface area contributed by atoms with E-state index in [0.29, 0.717) is 18.4 Å². The van der Waals surface area contributed by atoms with Gasteiger partial charge in [-0.05, 0) is 37.6 Å². The molecule has 3 saturated heterocycles. The van der Waals surface area contributed by atoms with Crippen LogP contribution in [0.4, 0.5) is 13.2 Å². The van der Waals surface area contributed by atoms with E-state index in [1.165, 1.54) is 25.6 Å². The number of aliphatic carboxylic acids is 1. The van der Waals surface area contributed by atoms with Gasteiger partial charge in [-0.2, -0.15) is 13.2 Å². The van der Waals surface area contributed by atoms with Crippen LogP contribution in [0.2, 0.25) is 0 Å². The molecule has 32 heavy (non-hydrogen) atoms. The van der Waals surface area contributed by atoms with Crippen LogP contribution in [0.5, 0.6) is 0 Å². The zero-order chi connectivity index (χ0) is 23.1. The Labute approximate surface area is 183 Å². The molecule has 180 valence electrons. The number of halogens is 3. The Morgan fingerprint density at radius 2 is 1.97 bits per heavy atom. The minimum Gasteiger partial charge on any atom is -0.475 e. The number of amides is 1. The summed E-state index contributed by atoms with van der Waals surface area (Å²) in [6.45, 7) is 6.63. The Hall–Kier alpha value is -2.18. The molecule has 2 N–H and O–H groups in total. The molecule has 4 heterocycles. The summed E-state index contributed by atoms with van der Waals surface area (Å²) in [5, 5.41) is 13.6. The minimum absolute atomic E-state index is 0.113. The molecule has 12 heteroatoms. The van der Waals surface area contributed by atoms with Crippen molar-refractivity contribution in [3.8, 4) is 0 Å². The summed E-state index contributed by atoms with van der Waals surface area (Å²) in [4.78, 5) is 23.5. The van der Waals surface area contributed by atoms with E-state index < -0.39 is 12.1 Å². The molecule has 0 saturated carbocycles. The first-order valence-electron chi connectivity index (χ1n) is 10.6. The smallest absolute Gasteiger partial charge is 0.475 e. The first kappa shape index (κ1) is 24.5. The molecular weight excluding hydrogens is 435 g/mol. The van der Waals surface area contributed by atoms with Gasteiger partial charge in [0.1, 0.15) is 0 Å². The van der Waals surface area contributed by atoms with E-state index in [-0.39, 0.29) is 17.8 Å². The van der Waals surface area contributed by atoms with Crippen molar-refractivity contribution in [1.82, 2.24) is 15.4 Å². The number of carboxylic acid groups (broad SMARTS) is 1.